The number of nitrogens with one attached hydrogen (secondary N) is 3. The van der Waals surface area contributed by atoms with Crippen LogP contribution in [-0.4, -0.2) is 17.7 Å². The van der Waals surface area contributed by atoms with Gasteiger partial charge in [-0.2, -0.15) is 0 Å². The maximum Gasteiger partial charge on any atom is 0.269 e. The van der Waals surface area contributed by atoms with Gasteiger partial charge >= 0.3 is 0 Å². The predicted molar refractivity (Wildman–Crippen MR) is 107 cm³/mol. The molecule has 3 aromatic rings. The Morgan fingerprint density at radius 3 is 1.57 bits per heavy atom. The van der Waals surface area contributed by atoms with Crippen LogP contribution in [0.1, 0.15) is 31.1 Å². The first-order chi connectivity index (χ1) is 13.5. The summed E-state index contributed by atoms with van der Waals surface area (Å²) in [6.45, 7) is 0. The molecule has 3 amide bonds. The first-order valence-electron chi connectivity index (χ1n) is 8.35. The summed E-state index contributed by atoms with van der Waals surface area (Å²) in [6.07, 6.45) is 0. The molecule has 28 heavy (non-hydrogen) atoms. The van der Waals surface area contributed by atoms with Gasteiger partial charge in [-0.05, 0) is 60.7 Å². The van der Waals surface area contributed by atoms with Crippen molar-refractivity contribution in [1.82, 2.24) is 10.9 Å². The van der Waals surface area contributed by atoms with Gasteiger partial charge < -0.3 is 5.32 Å². The van der Waals surface area contributed by atoms with Gasteiger partial charge in [-0.15, -0.1) is 0 Å². The van der Waals surface area contributed by atoms with E-state index in [0.29, 0.717) is 27.4 Å². The highest BCUT2D eigenvalue weighted by molar-refractivity contribution is 6.30. The fourth-order valence-electron chi connectivity index (χ4n) is 2.36. The SMILES string of the molecule is O=C(NNC(=O)c1ccc(NC(=O)c2ccccc2)cc1)c1ccc(Cl)cc1. The quantitative estimate of drug-likeness (QED) is 0.591. The van der Waals surface area contributed by atoms with Crippen molar-refractivity contribution in [2.45, 2.75) is 0 Å². The number of rotatable bonds is 4. The molecule has 0 spiro atoms. The molecule has 7 heteroatoms. The van der Waals surface area contributed by atoms with Gasteiger partial charge in [0.15, 0.2) is 0 Å². The average Bonchev–Trinajstić information content (AvgIpc) is 2.73. The lowest BCUT2D eigenvalue weighted by molar-refractivity contribution is 0.0846. The molecule has 0 unspecified atom stereocenters. The van der Waals surface area contributed by atoms with Crippen LogP contribution in [0.5, 0.6) is 0 Å². The van der Waals surface area contributed by atoms with Crippen LogP contribution in [-0.2, 0) is 0 Å². The smallest absolute Gasteiger partial charge is 0.269 e. The maximum atomic E-state index is 12.2. The summed E-state index contributed by atoms with van der Waals surface area (Å²) < 4.78 is 0. The normalized spacial score (nSPS) is 10.0. The molecule has 0 bridgehead atoms. The Labute approximate surface area is 166 Å². The minimum Gasteiger partial charge on any atom is -0.322 e. The Bertz CT molecular complexity index is 988. The summed E-state index contributed by atoms with van der Waals surface area (Å²) >= 11 is 5.78. The van der Waals surface area contributed by atoms with Crippen LogP contribution in [0.2, 0.25) is 5.02 Å². The van der Waals surface area contributed by atoms with E-state index in [0.717, 1.165) is 0 Å². The van der Waals surface area contributed by atoms with Crippen LogP contribution in [0, 0.1) is 0 Å². The van der Waals surface area contributed by atoms with Gasteiger partial charge in [0.1, 0.15) is 0 Å². The molecule has 6 nitrogen and oxygen atoms in total. The molecule has 0 heterocycles. The molecule has 3 N–H and O–H groups in total. The molecule has 0 saturated heterocycles. The van der Waals surface area contributed by atoms with Crippen LogP contribution in [0.3, 0.4) is 0 Å². The molecule has 0 atom stereocenters. The fourth-order valence-corrected chi connectivity index (χ4v) is 2.48. The number of hydrazine groups is 1. The number of halogens is 1. The van der Waals surface area contributed by atoms with E-state index in [1.807, 2.05) is 6.07 Å². The Morgan fingerprint density at radius 2 is 1.04 bits per heavy atom. The molecule has 3 rings (SSSR count). The van der Waals surface area contributed by atoms with E-state index in [1.54, 1.807) is 72.8 Å². The van der Waals surface area contributed by atoms with Gasteiger partial charge in [0.2, 0.25) is 0 Å². The molecule has 0 aliphatic heterocycles. The molecule has 0 saturated carbocycles. The average molecular weight is 394 g/mol. The summed E-state index contributed by atoms with van der Waals surface area (Å²) in [5.41, 5.74) is 6.45. The van der Waals surface area contributed by atoms with E-state index in [1.165, 1.54) is 0 Å². The van der Waals surface area contributed by atoms with Crippen LogP contribution >= 0.6 is 11.6 Å². The van der Waals surface area contributed by atoms with Crippen molar-refractivity contribution >= 4 is 35.0 Å². The first kappa shape index (κ1) is 19.1. The summed E-state index contributed by atoms with van der Waals surface area (Å²) in [4.78, 5) is 36.3. The highest BCUT2D eigenvalue weighted by Gasteiger charge is 2.10. The van der Waals surface area contributed by atoms with Gasteiger partial charge in [0, 0.05) is 27.4 Å². The van der Waals surface area contributed by atoms with Crippen molar-refractivity contribution in [3.8, 4) is 0 Å². The zero-order valence-electron chi connectivity index (χ0n) is 14.6. The summed E-state index contributed by atoms with van der Waals surface area (Å²) in [5.74, 6) is -1.19. The Hall–Kier alpha value is -3.64. The van der Waals surface area contributed by atoms with Gasteiger partial charge in [-0.1, -0.05) is 29.8 Å². The zero-order valence-corrected chi connectivity index (χ0v) is 15.4. The van der Waals surface area contributed by atoms with E-state index < -0.39 is 11.8 Å². The lowest BCUT2D eigenvalue weighted by atomic mass is 10.1. The summed E-state index contributed by atoms with van der Waals surface area (Å²) in [7, 11) is 0. The molecule has 0 aliphatic carbocycles. The predicted octanol–water partition coefficient (Wildman–Crippen LogP) is 3.67. The second-order valence-corrected chi connectivity index (χ2v) is 6.25. The van der Waals surface area contributed by atoms with E-state index in [9.17, 15) is 14.4 Å². The monoisotopic (exact) mass is 393 g/mol. The number of hydrogen-bond donors (Lipinski definition) is 3. The van der Waals surface area contributed by atoms with Crippen molar-refractivity contribution in [2.24, 2.45) is 0 Å². The first-order valence-corrected chi connectivity index (χ1v) is 8.73. The number of carbonyl (C=O) groups is 3. The number of amides is 3. The largest absolute Gasteiger partial charge is 0.322 e. The highest BCUT2D eigenvalue weighted by Crippen LogP contribution is 2.12. The Kier molecular flexibility index (Phi) is 6.04. The standard InChI is InChI=1S/C21H16ClN3O3/c22-17-10-6-15(7-11-17)20(27)24-25-21(28)16-8-12-18(13-9-16)23-19(26)14-4-2-1-3-5-14/h1-13H,(H,23,26)(H,24,27)(H,25,28). The number of hydrogen-bond acceptors (Lipinski definition) is 3. The van der Waals surface area contributed by atoms with Gasteiger partial charge in [0.05, 0.1) is 0 Å². The van der Waals surface area contributed by atoms with Gasteiger partial charge in [0.25, 0.3) is 17.7 Å². The third kappa shape index (κ3) is 4.96. The van der Waals surface area contributed by atoms with Crippen molar-refractivity contribution in [2.75, 3.05) is 5.32 Å². The minimum absolute atomic E-state index is 0.243. The van der Waals surface area contributed by atoms with Crippen LogP contribution < -0.4 is 16.2 Å². The maximum absolute atomic E-state index is 12.2. The minimum atomic E-state index is -0.483. The van der Waals surface area contributed by atoms with E-state index in [4.69, 9.17) is 11.6 Å². The highest BCUT2D eigenvalue weighted by atomic mass is 35.5. The van der Waals surface area contributed by atoms with E-state index in [2.05, 4.69) is 16.2 Å². The third-order valence-corrected chi connectivity index (χ3v) is 4.09. The zero-order chi connectivity index (χ0) is 19.9. The Morgan fingerprint density at radius 1 is 0.571 bits per heavy atom. The number of anilines is 1. The summed E-state index contributed by atoms with van der Waals surface area (Å²) in [5, 5.41) is 3.26. The van der Waals surface area contributed by atoms with Crippen LogP contribution in [0.25, 0.3) is 0 Å². The lowest BCUT2D eigenvalue weighted by Crippen LogP contribution is -2.41. The molecule has 140 valence electrons. The van der Waals surface area contributed by atoms with E-state index in [-0.39, 0.29) is 5.91 Å². The topological polar surface area (TPSA) is 87.3 Å². The van der Waals surface area contributed by atoms with Crippen molar-refractivity contribution in [3.05, 3.63) is 101 Å². The molecule has 3 aromatic carbocycles. The second kappa shape index (κ2) is 8.83. The fraction of sp³-hybridized carbons (Fsp3) is 0. The van der Waals surface area contributed by atoms with Crippen LogP contribution in [0.4, 0.5) is 5.69 Å². The Balaban J connectivity index is 1.55. The molecule has 0 radical (unpaired) electrons. The van der Waals surface area contributed by atoms with Crippen molar-refractivity contribution in [1.29, 1.82) is 0 Å². The molecule has 0 aliphatic rings. The van der Waals surface area contributed by atoms with Crippen molar-refractivity contribution < 1.29 is 14.4 Å². The van der Waals surface area contributed by atoms with Crippen molar-refractivity contribution in [3.63, 3.8) is 0 Å². The molecule has 0 fully saturated rings. The third-order valence-electron chi connectivity index (χ3n) is 3.84. The second-order valence-electron chi connectivity index (χ2n) is 5.81. The number of carbonyl (C=O) groups excluding carboxylic acids is 3. The summed E-state index contributed by atoms with van der Waals surface area (Å²) in [6, 6.07) is 21.4. The van der Waals surface area contributed by atoms with E-state index >= 15 is 0 Å². The molecular formula is C21H16ClN3O3. The lowest BCUT2D eigenvalue weighted by Gasteiger charge is -2.09. The number of benzene rings is 3. The van der Waals surface area contributed by atoms with Gasteiger partial charge in [-0.25, -0.2) is 0 Å². The molecule has 0 aromatic heterocycles. The van der Waals surface area contributed by atoms with Crippen LogP contribution in [0.15, 0.2) is 78.9 Å². The van der Waals surface area contributed by atoms with Gasteiger partial charge in [-0.3, -0.25) is 25.2 Å². The molecular weight excluding hydrogens is 378 g/mol.